The van der Waals surface area contributed by atoms with Gasteiger partial charge in [0, 0.05) is 30.7 Å². The molecule has 2 aromatic heterocycles. The lowest BCUT2D eigenvalue weighted by Crippen LogP contribution is -2.31. The average molecular weight is 359 g/mol. The molecule has 0 bridgehead atoms. The van der Waals surface area contributed by atoms with Crippen LogP contribution in [0.15, 0.2) is 44.1 Å². The minimum absolute atomic E-state index is 0.0643. The van der Waals surface area contributed by atoms with E-state index in [1.165, 1.54) is 6.07 Å². The topological polar surface area (TPSA) is 99.6 Å². The van der Waals surface area contributed by atoms with E-state index in [0.29, 0.717) is 49.2 Å². The highest BCUT2D eigenvalue weighted by molar-refractivity contribution is 5.77. The van der Waals surface area contributed by atoms with Crippen molar-refractivity contribution < 1.29 is 18.4 Å². The number of rotatable bonds is 9. The highest BCUT2D eigenvalue weighted by Crippen LogP contribution is 2.19. The van der Waals surface area contributed by atoms with Gasteiger partial charge in [0.2, 0.25) is 5.89 Å². The molecule has 0 saturated heterocycles. The van der Waals surface area contributed by atoms with Gasteiger partial charge in [0.05, 0.1) is 19.6 Å². The number of hydrogen-bond acceptors (Lipinski definition) is 8. The quantitative estimate of drug-likeness (QED) is 0.579. The maximum absolute atomic E-state index is 11.3. The van der Waals surface area contributed by atoms with Gasteiger partial charge in [-0.15, -0.1) is 0 Å². The summed E-state index contributed by atoms with van der Waals surface area (Å²) in [5.41, 5.74) is 0.126. The third-order valence-electron chi connectivity index (χ3n) is 3.73. The summed E-state index contributed by atoms with van der Waals surface area (Å²) in [6.45, 7) is 3.46. The first-order valence-corrected chi connectivity index (χ1v) is 8.34. The minimum Gasteiger partial charge on any atom is -0.492 e. The lowest BCUT2D eigenvalue weighted by molar-refractivity contribution is 0.192. The maximum Gasteiger partial charge on any atom is 0.336 e. The Morgan fingerprint density at radius 3 is 2.96 bits per heavy atom. The van der Waals surface area contributed by atoms with Crippen molar-refractivity contribution in [3.05, 3.63) is 52.5 Å². The van der Waals surface area contributed by atoms with E-state index in [1.54, 1.807) is 19.2 Å². The van der Waals surface area contributed by atoms with E-state index >= 15 is 0 Å². The molecule has 1 unspecified atom stereocenters. The molecule has 2 heterocycles. The Bertz CT molecular complexity index is 905. The van der Waals surface area contributed by atoms with Gasteiger partial charge in [-0.05, 0) is 25.1 Å². The van der Waals surface area contributed by atoms with Crippen molar-refractivity contribution in [2.45, 2.75) is 25.9 Å². The van der Waals surface area contributed by atoms with E-state index in [1.807, 2.05) is 19.1 Å². The second-order valence-electron chi connectivity index (χ2n) is 5.89. The molecule has 0 aliphatic heterocycles. The number of aromatic nitrogens is 2. The van der Waals surface area contributed by atoms with Crippen LogP contribution in [-0.2, 0) is 17.7 Å². The van der Waals surface area contributed by atoms with Crippen molar-refractivity contribution >= 4 is 11.0 Å². The van der Waals surface area contributed by atoms with Gasteiger partial charge in [0.15, 0.2) is 5.82 Å². The number of nitrogens with zero attached hydrogens (tertiary/aromatic N) is 2. The molecular formula is C18H21N3O5. The van der Waals surface area contributed by atoms with E-state index < -0.39 is 0 Å². The standard InChI is InChI=1S/C18H21N3O5/c1-12(19-10-16-20-17(26-21-16)7-8-23-2)11-24-14-5-3-13-4-6-18(22)25-15(13)9-14/h3-6,9,12,19H,7-8,10-11H2,1-2H3. The van der Waals surface area contributed by atoms with Crippen molar-refractivity contribution in [1.82, 2.24) is 15.5 Å². The van der Waals surface area contributed by atoms with Crippen LogP contribution >= 0.6 is 0 Å². The zero-order valence-corrected chi connectivity index (χ0v) is 14.7. The fraction of sp³-hybridized carbons (Fsp3) is 0.389. The lowest BCUT2D eigenvalue weighted by atomic mass is 10.2. The smallest absolute Gasteiger partial charge is 0.336 e. The molecule has 3 aromatic rings. The molecule has 0 aliphatic rings. The fourth-order valence-electron chi connectivity index (χ4n) is 2.33. The Labute approximate surface area is 150 Å². The van der Waals surface area contributed by atoms with Crippen LogP contribution in [0.25, 0.3) is 11.0 Å². The van der Waals surface area contributed by atoms with Crippen molar-refractivity contribution in [2.24, 2.45) is 0 Å². The first kappa shape index (κ1) is 18.1. The summed E-state index contributed by atoms with van der Waals surface area (Å²) < 4.78 is 21.0. The van der Waals surface area contributed by atoms with Crippen LogP contribution in [0.2, 0.25) is 0 Å². The Morgan fingerprint density at radius 1 is 1.27 bits per heavy atom. The number of fused-ring (bicyclic) bond motifs is 1. The van der Waals surface area contributed by atoms with Crippen LogP contribution in [-0.4, -0.2) is 36.5 Å². The van der Waals surface area contributed by atoms with Gasteiger partial charge >= 0.3 is 5.63 Å². The largest absolute Gasteiger partial charge is 0.492 e. The summed E-state index contributed by atoms with van der Waals surface area (Å²) in [6.07, 6.45) is 0.597. The summed E-state index contributed by atoms with van der Waals surface area (Å²) in [5.74, 6) is 1.79. The summed E-state index contributed by atoms with van der Waals surface area (Å²) in [6, 6.07) is 8.59. The van der Waals surface area contributed by atoms with E-state index in [4.69, 9.17) is 18.4 Å². The molecule has 8 heteroatoms. The summed E-state index contributed by atoms with van der Waals surface area (Å²) in [7, 11) is 1.63. The normalized spacial score (nSPS) is 12.4. The molecule has 8 nitrogen and oxygen atoms in total. The van der Waals surface area contributed by atoms with E-state index in [0.717, 1.165) is 5.39 Å². The summed E-state index contributed by atoms with van der Waals surface area (Å²) >= 11 is 0. The molecular weight excluding hydrogens is 338 g/mol. The molecule has 0 saturated carbocycles. The zero-order chi connectivity index (χ0) is 18.4. The number of methoxy groups -OCH3 is 1. The van der Waals surface area contributed by atoms with Gasteiger partial charge in [-0.3, -0.25) is 0 Å². The van der Waals surface area contributed by atoms with Crippen molar-refractivity contribution in [3.63, 3.8) is 0 Å². The van der Waals surface area contributed by atoms with Crippen LogP contribution in [0, 0.1) is 0 Å². The highest BCUT2D eigenvalue weighted by atomic mass is 16.5. The van der Waals surface area contributed by atoms with Crippen molar-refractivity contribution in [3.8, 4) is 5.75 Å². The van der Waals surface area contributed by atoms with Crippen LogP contribution in [0.4, 0.5) is 0 Å². The fourth-order valence-corrected chi connectivity index (χ4v) is 2.33. The SMILES string of the molecule is COCCc1nc(CNC(C)COc2ccc3ccc(=O)oc3c2)no1. The van der Waals surface area contributed by atoms with Crippen LogP contribution in [0.5, 0.6) is 5.75 Å². The molecule has 1 atom stereocenters. The van der Waals surface area contributed by atoms with E-state index in [-0.39, 0.29) is 11.7 Å². The second kappa shape index (κ2) is 8.59. The van der Waals surface area contributed by atoms with Crippen LogP contribution in [0.3, 0.4) is 0 Å². The number of ether oxygens (including phenoxy) is 2. The Kier molecular flexibility index (Phi) is 5.98. The Morgan fingerprint density at radius 2 is 2.12 bits per heavy atom. The average Bonchev–Trinajstić information content (AvgIpc) is 3.10. The van der Waals surface area contributed by atoms with Crippen LogP contribution < -0.4 is 15.7 Å². The second-order valence-corrected chi connectivity index (χ2v) is 5.89. The third kappa shape index (κ3) is 4.90. The molecule has 0 radical (unpaired) electrons. The van der Waals surface area contributed by atoms with Crippen LogP contribution in [0.1, 0.15) is 18.6 Å². The number of benzene rings is 1. The lowest BCUT2D eigenvalue weighted by Gasteiger charge is -2.14. The first-order valence-electron chi connectivity index (χ1n) is 8.34. The van der Waals surface area contributed by atoms with E-state index in [2.05, 4.69) is 15.5 Å². The molecule has 0 aliphatic carbocycles. The highest BCUT2D eigenvalue weighted by Gasteiger charge is 2.09. The van der Waals surface area contributed by atoms with Gasteiger partial charge in [-0.1, -0.05) is 5.16 Å². The Balaban J connectivity index is 1.48. The van der Waals surface area contributed by atoms with Gasteiger partial charge < -0.3 is 23.7 Å². The third-order valence-corrected chi connectivity index (χ3v) is 3.73. The molecule has 26 heavy (non-hydrogen) atoms. The monoisotopic (exact) mass is 359 g/mol. The molecule has 0 fully saturated rings. The molecule has 0 spiro atoms. The minimum atomic E-state index is -0.380. The van der Waals surface area contributed by atoms with Crippen molar-refractivity contribution in [1.29, 1.82) is 0 Å². The van der Waals surface area contributed by atoms with Gasteiger partial charge in [-0.25, -0.2) is 4.79 Å². The predicted octanol–water partition coefficient (Wildman–Crippen LogP) is 1.92. The van der Waals surface area contributed by atoms with Gasteiger partial charge in [0.1, 0.15) is 17.9 Å². The predicted molar refractivity (Wildman–Crippen MR) is 94.2 cm³/mol. The van der Waals surface area contributed by atoms with Crippen molar-refractivity contribution in [2.75, 3.05) is 20.3 Å². The van der Waals surface area contributed by atoms with Gasteiger partial charge in [-0.2, -0.15) is 4.98 Å². The maximum atomic E-state index is 11.3. The Hall–Kier alpha value is -2.71. The van der Waals surface area contributed by atoms with Gasteiger partial charge in [0.25, 0.3) is 0 Å². The zero-order valence-electron chi connectivity index (χ0n) is 14.7. The molecule has 1 aromatic carbocycles. The number of hydrogen-bond donors (Lipinski definition) is 1. The molecule has 138 valence electrons. The first-order chi connectivity index (χ1) is 12.6. The molecule has 3 rings (SSSR count). The van der Waals surface area contributed by atoms with E-state index in [9.17, 15) is 4.79 Å². The molecule has 1 N–H and O–H groups in total. The molecule has 0 amide bonds. The summed E-state index contributed by atoms with van der Waals surface area (Å²) in [5, 5.41) is 8.04. The number of nitrogens with one attached hydrogen (secondary N) is 1. The summed E-state index contributed by atoms with van der Waals surface area (Å²) in [4.78, 5) is 15.6.